The number of halogens is 1. The Hall–Kier alpha value is 0.0249. The zero-order valence-electron chi connectivity index (χ0n) is 13.6. The second-order valence-electron chi connectivity index (χ2n) is 6.26. The number of hydrogen-bond donors (Lipinski definition) is 3. The molecule has 0 bridgehead atoms. The Bertz CT molecular complexity index is 414. The Labute approximate surface area is 132 Å². The molecule has 1 saturated heterocycles. The molecule has 1 aliphatic rings. The molecule has 3 N–H and O–H groups in total. The van der Waals surface area contributed by atoms with Crippen LogP contribution in [0.1, 0.15) is 46.5 Å². The predicted molar refractivity (Wildman–Crippen MR) is 83.2 cm³/mol. The molecule has 0 saturated carbocycles. The smallest absolute Gasteiger partial charge is 0.356 e. The van der Waals surface area contributed by atoms with Gasteiger partial charge in [-0.3, -0.25) is 4.57 Å². The second-order valence-corrected chi connectivity index (χ2v) is 8.17. The van der Waals surface area contributed by atoms with Crippen molar-refractivity contribution in [2.75, 3.05) is 0 Å². The van der Waals surface area contributed by atoms with Crippen molar-refractivity contribution in [1.82, 2.24) is 0 Å². The van der Waals surface area contributed by atoms with E-state index < -0.39 is 43.4 Å². The van der Waals surface area contributed by atoms with E-state index in [1.165, 1.54) is 7.85 Å². The van der Waals surface area contributed by atoms with Gasteiger partial charge in [0.25, 0.3) is 0 Å². The van der Waals surface area contributed by atoms with Gasteiger partial charge in [0.2, 0.25) is 0 Å². The number of rotatable bonds is 8. The number of aliphatic hydroxyl groups excluding tert-OH is 2. The first kappa shape index (κ1) is 20.1. The molecule has 7 atom stereocenters. The van der Waals surface area contributed by atoms with Gasteiger partial charge in [-0.2, -0.15) is 0 Å². The summed E-state index contributed by atoms with van der Waals surface area (Å²) < 4.78 is 36.5. The third-order valence-electron chi connectivity index (χ3n) is 4.05. The van der Waals surface area contributed by atoms with Crippen molar-refractivity contribution in [3.63, 3.8) is 0 Å². The maximum absolute atomic E-state index is 13.7. The topological polar surface area (TPSA) is 96.2 Å². The second kappa shape index (κ2) is 7.73. The SMILES string of the molecule is B[C@@H]1O[C@H](CC(C)(CCC)OP(=O)(O)C(O)CC)[C@@H](O)[C@H]1F. The summed E-state index contributed by atoms with van der Waals surface area (Å²) in [5.41, 5.74) is -1.09. The monoisotopic (exact) mass is 340 g/mol. The van der Waals surface area contributed by atoms with Gasteiger partial charge in [-0.15, -0.1) is 0 Å². The van der Waals surface area contributed by atoms with E-state index in [4.69, 9.17) is 9.26 Å². The van der Waals surface area contributed by atoms with Gasteiger partial charge in [-0.1, -0.05) is 20.3 Å². The van der Waals surface area contributed by atoms with Crippen molar-refractivity contribution in [2.45, 2.75) is 82.3 Å². The molecule has 0 spiro atoms. The molecule has 3 unspecified atom stereocenters. The average molecular weight is 340 g/mol. The molecule has 0 aliphatic carbocycles. The Morgan fingerprint density at radius 2 is 2.09 bits per heavy atom. The van der Waals surface area contributed by atoms with Gasteiger partial charge >= 0.3 is 7.60 Å². The molecule has 0 aromatic carbocycles. The van der Waals surface area contributed by atoms with E-state index in [2.05, 4.69) is 0 Å². The molecule has 0 aromatic rings. The standard InChI is InChI=1S/C13H27BFO6P/c1-4-6-13(3,21-22(18,19)9(16)5-2)7-8-11(17)10(15)12(14)20-8/h8-12,16-17H,4-7,14H2,1-3H3,(H,18,19)/t8-,9?,10-,11-,12-,13?/m1/s1. The van der Waals surface area contributed by atoms with Crippen LogP contribution < -0.4 is 0 Å². The highest BCUT2D eigenvalue weighted by Gasteiger charge is 2.47. The van der Waals surface area contributed by atoms with Crippen LogP contribution in [-0.2, 0) is 13.8 Å². The number of hydrogen-bond acceptors (Lipinski definition) is 5. The van der Waals surface area contributed by atoms with Crippen LogP contribution in [0.4, 0.5) is 4.39 Å². The summed E-state index contributed by atoms with van der Waals surface area (Å²) in [6, 6.07) is -0.729. The number of ether oxygens (including phenoxy) is 1. The lowest BCUT2D eigenvalue weighted by Gasteiger charge is -2.35. The van der Waals surface area contributed by atoms with E-state index in [0.717, 1.165) is 0 Å². The molecule has 0 aromatic heterocycles. The fraction of sp³-hybridized carbons (Fsp3) is 1.00. The highest BCUT2D eigenvalue weighted by atomic mass is 31.2. The molecule has 1 fully saturated rings. The summed E-state index contributed by atoms with van der Waals surface area (Å²) in [6.07, 6.45) is -2.33. The summed E-state index contributed by atoms with van der Waals surface area (Å²) in [4.78, 5) is 9.89. The highest BCUT2D eigenvalue weighted by Crippen LogP contribution is 2.53. The first-order valence-corrected chi connectivity index (χ1v) is 9.40. The number of alkyl halides is 1. The van der Waals surface area contributed by atoms with Gasteiger partial charge < -0.3 is 24.4 Å². The fourth-order valence-corrected chi connectivity index (χ4v) is 4.21. The molecule has 0 amide bonds. The Kier molecular flexibility index (Phi) is 7.05. The van der Waals surface area contributed by atoms with Crippen molar-refractivity contribution in [3.05, 3.63) is 0 Å². The molecule has 1 rings (SSSR count). The zero-order chi connectivity index (χ0) is 17.1. The molecular weight excluding hydrogens is 313 g/mol. The molecule has 130 valence electrons. The minimum atomic E-state index is -4.22. The summed E-state index contributed by atoms with van der Waals surface area (Å²) in [6.45, 7) is 5.08. The lowest BCUT2D eigenvalue weighted by molar-refractivity contribution is -0.0407. The van der Waals surface area contributed by atoms with Crippen molar-refractivity contribution in [2.24, 2.45) is 0 Å². The Balaban J connectivity index is 2.85. The van der Waals surface area contributed by atoms with E-state index >= 15 is 0 Å². The largest absolute Gasteiger partial charge is 0.387 e. The normalized spacial score (nSPS) is 35.8. The predicted octanol–water partition coefficient (Wildman–Crippen LogP) is 0.923. The lowest BCUT2D eigenvalue weighted by atomic mass is 9.89. The van der Waals surface area contributed by atoms with Crippen LogP contribution in [0.15, 0.2) is 0 Å². The summed E-state index contributed by atoms with van der Waals surface area (Å²) in [7, 11) is -2.69. The molecule has 9 heteroatoms. The van der Waals surface area contributed by atoms with Gasteiger partial charge in [0.1, 0.15) is 20.1 Å². The molecule has 6 nitrogen and oxygen atoms in total. The molecule has 1 heterocycles. The van der Waals surface area contributed by atoms with Crippen LogP contribution in [0.25, 0.3) is 0 Å². The third-order valence-corrected chi connectivity index (χ3v) is 5.87. The van der Waals surface area contributed by atoms with E-state index in [-0.39, 0.29) is 12.8 Å². The maximum atomic E-state index is 13.7. The van der Waals surface area contributed by atoms with E-state index in [0.29, 0.717) is 12.8 Å². The fourth-order valence-electron chi connectivity index (χ4n) is 2.83. The molecule has 22 heavy (non-hydrogen) atoms. The van der Waals surface area contributed by atoms with E-state index in [1.807, 2.05) is 6.92 Å². The molecular formula is C13H27BFO6P. The van der Waals surface area contributed by atoms with Crippen LogP contribution in [0, 0.1) is 0 Å². The van der Waals surface area contributed by atoms with E-state index in [9.17, 15) is 24.1 Å². The van der Waals surface area contributed by atoms with Crippen molar-refractivity contribution >= 4 is 15.4 Å². The van der Waals surface area contributed by atoms with Crippen LogP contribution in [-0.4, -0.2) is 58.8 Å². The first-order chi connectivity index (χ1) is 10.1. The minimum absolute atomic E-state index is 0.0771. The summed E-state index contributed by atoms with van der Waals surface area (Å²) >= 11 is 0. The minimum Gasteiger partial charge on any atom is -0.387 e. The summed E-state index contributed by atoms with van der Waals surface area (Å²) in [5, 5.41) is 19.5. The maximum Gasteiger partial charge on any atom is 0.356 e. The quantitative estimate of drug-likeness (QED) is 0.449. The van der Waals surface area contributed by atoms with Crippen LogP contribution in [0.3, 0.4) is 0 Å². The van der Waals surface area contributed by atoms with Crippen LogP contribution in [0.5, 0.6) is 0 Å². The molecule has 0 radical (unpaired) electrons. The lowest BCUT2D eigenvalue weighted by Crippen LogP contribution is -2.38. The Morgan fingerprint density at radius 3 is 2.50 bits per heavy atom. The first-order valence-electron chi connectivity index (χ1n) is 7.75. The third kappa shape index (κ3) is 4.76. The zero-order valence-corrected chi connectivity index (χ0v) is 14.5. The van der Waals surface area contributed by atoms with Gasteiger partial charge in [0.15, 0.2) is 5.85 Å². The van der Waals surface area contributed by atoms with Crippen molar-refractivity contribution in [1.29, 1.82) is 0 Å². The summed E-state index contributed by atoms with van der Waals surface area (Å²) in [5.74, 6) is -1.47. The van der Waals surface area contributed by atoms with Gasteiger partial charge in [-0.25, -0.2) is 4.39 Å². The average Bonchev–Trinajstić information content (AvgIpc) is 2.64. The Morgan fingerprint density at radius 1 is 1.50 bits per heavy atom. The highest BCUT2D eigenvalue weighted by molar-refractivity contribution is 7.53. The van der Waals surface area contributed by atoms with Gasteiger partial charge in [0.05, 0.1) is 17.7 Å². The van der Waals surface area contributed by atoms with E-state index in [1.54, 1.807) is 13.8 Å². The molecule has 1 aliphatic heterocycles. The van der Waals surface area contributed by atoms with Crippen LogP contribution >= 0.6 is 7.60 Å². The van der Waals surface area contributed by atoms with Gasteiger partial charge in [0, 0.05) is 6.42 Å². The van der Waals surface area contributed by atoms with Crippen LogP contribution in [0.2, 0.25) is 0 Å². The van der Waals surface area contributed by atoms with Crippen molar-refractivity contribution < 1.29 is 33.3 Å². The van der Waals surface area contributed by atoms with Gasteiger partial charge in [-0.05, 0) is 19.8 Å². The van der Waals surface area contributed by atoms with Crippen molar-refractivity contribution in [3.8, 4) is 0 Å². The number of aliphatic hydroxyl groups is 2.